The molecule has 0 unspecified atom stereocenters. The maximum atomic E-state index is 4.28. The molecule has 0 amide bonds. The van der Waals surface area contributed by atoms with Crippen molar-refractivity contribution in [3.05, 3.63) is 83.1 Å². The van der Waals surface area contributed by atoms with E-state index in [2.05, 4.69) is 105 Å². The quantitative estimate of drug-likeness (QED) is 0.778. The van der Waals surface area contributed by atoms with Gasteiger partial charge in [-0.2, -0.15) is 0 Å². The van der Waals surface area contributed by atoms with Crippen molar-refractivity contribution in [1.29, 1.82) is 0 Å². The summed E-state index contributed by atoms with van der Waals surface area (Å²) in [5.74, 6) is 0. The van der Waals surface area contributed by atoms with E-state index in [-0.39, 0.29) is 0 Å². The lowest BCUT2D eigenvalue weighted by molar-refractivity contribution is 1.23. The predicted molar refractivity (Wildman–Crippen MR) is 115 cm³/mol. The van der Waals surface area contributed by atoms with E-state index in [1.165, 1.54) is 21.5 Å². The topological polar surface area (TPSA) is 12.0 Å². The molecule has 0 spiro atoms. The second-order valence-corrected chi connectivity index (χ2v) is 16.8. The second kappa shape index (κ2) is 6.91. The number of hydrogen-bond donors (Lipinski definition) is 1. The van der Waals surface area contributed by atoms with Crippen molar-refractivity contribution in [2.45, 2.75) is 39.9 Å². The monoisotopic (exact) mass is 363 g/mol. The summed E-state index contributed by atoms with van der Waals surface area (Å²) >= 11 is 0. The van der Waals surface area contributed by atoms with E-state index >= 15 is 0 Å². The zero-order valence-corrected chi connectivity index (χ0v) is 18.1. The van der Waals surface area contributed by atoms with Crippen LogP contribution in [-0.2, 0) is 0 Å². The third kappa shape index (κ3) is 3.50. The Bertz CT molecular complexity index is 759. The Morgan fingerprint density at radius 1 is 0.760 bits per heavy atom. The van der Waals surface area contributed by atoms with Gasteiger partial charge in [-0.3, -0.25) is 0 Å². The molecule has 0 saturated carbocycles. The van der Waals surface area contributed by atoms with Gasteiger partial charge >= 0.3 is 0 Å². The molecule has 3 heteroatoms. The van der Waals surface area contributed by atoms with Gasteiger partial charge < -0.3 is 4.65 Å². The fraction of sp³-hybridized carbons (Fsp3) is 0.273. The van der Waals surface area contributed by atoms with Crippen molar-refractivity contribution in [3.8, 4) is 0 Å². The first-order valence-electron chi connectivity index (χ1n) is 9.12. The molecule has 2 aromatic carbocycles. The minimum absolute atomic E-state index is 1.09. The van der Waals surface area contributed by atoms with Gasteiger partial charge in [0, 0.05) is 0 Å². The Morgan fingerprint density at radius 2 is 1.24 bits per heavy atom. The second-order valence-electron chi connectivity index (χ2n) is 8.10. The smallest absolute Gasteiger partial charge is 0.215 e. The Morgan fingerprint density at radius 3 is 1.60 bits per heavy atom. The first-order valence-corrected chi connectivity index (χ1v) is 14.6. The standard InChI is InChI=1S/C22H29NSi2/c1-18-16-17-19(2)22(18)25(23-24(3,4)5,20-12-8-6-9-13-20)21-14-10-7-11-15-21/h6-16,23H,17H2,1-5H3. The summed E-state index contributed by atoms with van der Waals surface area (Å²) in [6.45, 7) is 11.9. The Labute approximate surface area is 154 Å². The summed E-state index contributed by atoms with van der Waals surface area (Å²) in [6, 6.07) is 22.3. The summed E-state index contributed by atoms with van der Waals surface area (Å²) in [5.41, 5.74) is 2.99. The average Bonchev–Trinajstić information content (AvgIpc) is 2.93. The maximum absolute atomic E-state index is 4.28. The van der Waals surface area contributed by atoms with E-state index in [9.17, 15) is 0 Å². The molecule has 2 aromatic rings. The van der Waals surface area contributed by atoms with E-state index in [1.54, 1.807) is 5.20 Å². The van der Waals surface area contributed by atoms with Crippen molar-refractivity contribution in [2.75, 3.05) is 0 Å². The Balaban J connectivity index is 2.37. The van der Waals surface area contributed by atoms with Crippen molar-refractivity contribution >= 4 is 26.8 Å². The number of allylic oxidation sites excluding steroid dienone is 4. The molecule has 0 heterocycles. The summed E-state index contributed by atoms with van der Waals surface area (Å²) in [7, 11) is -3.79. The Hall–Kier alpha value is -1.69. The van der Waals surface area contributed by atoms with Crippen LogP contribution < -0.4 is 15.0 Å². The molecule has 0 saturated heterocycles. The van der Waals surface area contributed by atoms with Crippen molar-refractivity contribution in [2.24, 2.45) is 0 Å². The highest BCUT2D eigenvalue weighted by molar-refractivity contribution is 7.11. The number of hydrogen-bond acceptors (Lipinski definition) is 1. The molecule has 1 N–H and O–H groups in total. The first-order chi connectivity index (χ1) is 11.8. The van der Waals surface area contributed by atoms with Crippen molar-refractivity contribution < 1.29 is 0 Å². The van der Waals surface area contributed by atoms with Gasteiger partial charge in [0.05, 0.1) is 0 Å². The van der Waals surface area contributed by atoms with E-state index in [0.29, 0.717) is 0 Å². The predicted octanol–water partition coefficient (Wildman–Crippen LogP) is 4.38. The van der Waals surface area contributed by atoms with Crippen LogP contribution in [0.3, 0.4) is 0 Å². The van der Waals surface area contributed by atoms with Crippen molar-refractivity contribution in [1.82, 2.24) is 4.65 Å². The minimum atomic E-state index is -2.25. The van der Waals surface area contributed by atoms with Crippen LogP contribution in [0.15, 0.2) is 83.1 Å². The van der Waals surface area contributed by atoms with Crippen LogP contribution in [0.1, 0.15) is 20.3 Å². The molecule has 1 aliphatic rings. The number of rotatable bonds is 5. The zero-order chi connectivity index (χ0) is 18.1. The fourth-order valence-electron chi connectivity index (χ4n) is 4.06. The third-order valence-electron chi connectivity index (χ3n) is 4.89. The lowest BCUT2D eigenvalue weighted by Gasteiger charge is -2.41. The molecule has 1 nitrogen and oxygen atoms in total. The van der Waals surface area contributed by atoms with E-state index in [1.807, 2.05) is 0 Å². The van der Waals surface area contributed by atoms with Gasteiger partial charge in [0.1, 0.15) is 8.24 Å². The van der Waals surface area contributed by atoms with Crippen LogP contribution in [0.2, 0.25) is 19.6 Å². The van der Waals surface area contributed by atoms with Crippen LogP contribution in [0.5, 0.6) is 0 Å². The molecular weight excluding hydrogens is 334 g/mol. The molecule has 1 aliphatic carbocycles. The normalized spacial score (nSPS) is 15.5. The van der Waals surface area contributed by atoms with Gasteiger partial charge in [0.25, 0.3) is 0 Å². The van der Waals surface area contributed by atoms with E-state index in [0.717, 1.165) is 6.42 Å². The maximum Gasteiger partial charge on any atom is 0.215 e. The zero-order valence-electron chi connectivity index (χ0n) is 16.1. The summed E-state index contributed by atoms with van der Waals surface area (Å²) in [4.78, 5) is 0. The molecule has 0 bridgehead atoms. The van der Waals surface area contributed by atoms with E-state index < -0.39 is 16.5 Å². The fourth-order valence-corrected chi connectivity index (χ4v) is 13.9. The number of benzene rings is 2. The van der Waals surface area contributed by atoms with Gasteiger partial charge in [0.2, 0.25) is 8.24 Å². The molecule has 0 atom stereocenters. The van der Waals surface area contributed by atoms with Gasteiger partial charge in [0.15, 0.2) is 0 Å². The highest BCUT2D eigenvalue weighted by Gasteiger charge is 2.46. The molecular formula is C22H29NSi2. The highest BCUT2D eigenvalue weighted by atomic mass is 28.4. The molecule has 3 rings (SSSR count). The summed E-state index contributed by atoms with van der Waals surface area (Å²) < 4.78 is 4.28. The lowest BCUT2D eigenvalue weighted by atomic mass is 10.3. The van der Waals surface area contributed by atoms with Crippen LogP contribution in [0.25, 0.3) is 0 Å². The lowest BCUT2D eigenvalue weighted by Crippen LogP contribution is -2.75. The van der Waals surface area contributed by atoms with Crippen molar-refractivity contribution in [3.63, 3.8) is 0 Å². The minimum Gasteiger partial charge on any atom is -0.349 e. The molecule has 0 aromatic heterocycles. The van der Waals surface area contributed by atoms with Gasteiger partial charge in [-0.25, -0.2) is 0 Å². The van der Waals surface area contributed by atoms with E-state index in [4.69, 9.17) is 0 Å². The average molecular weight is 364 g/mol. The Kier molecular flexibility index (Phi) is 5.00. The molecule has 0 radical (unpaired) electrons. The van der Waals surface area contributed by atoms with Gasteiger partial charge in [-0.05, 0) is 35.8 Å². The number of nitrogens with one attached hydrogen (secondary N) is 1. The largest absolute Gasteiger partial charge is 0.349 e. The summed E-state index contributed by atoms with van der Waals surface area (Å²) in [6.07, 6.45) is 3.49. The molecule has 130 valence electrons. The molecule has 0 fully saturated rings. The van der Waals surface area contributed by atoms with Crippen LogP contribution in [-0.4, -0.2) is 16.5 Å². The highest BCUT2D eigenvalue weighted by Crippen LogP contribution is 2.32. The van der Waals surface area contributed by atoms with Crippen LogP contribution >= 0.6 is 0 Å². The molecule has 0 aliphatic heterocycles. The third-order valence-corrected chi connectivity index (χ3v) is 13.4. The van der Waals surface area contributed by atoms with Gasteiger partial charge in [-0.15, -0.1) is 0 Å². The van der Waals surface area contributed by atoms with Crippen LogP contribution in [0, 0.1) is 0 Å². The summed E-state index contributed by atoms with van der Waals surface area (Å²) in [5, 5.41) is 4.52. The van der Waals surface area contributed by atoms with Crippen LogP contribution in [0.4, 0.5) is 0 Å². The SMILES string of the molecule is CC1=CCC(C)=C1[Si](N[Si](C)(C)C)(c1ccccc1)c1ccccc1. The first kappa shape index (κ1) is 18.1. The molecule has 25 heavy (non-hydrogen) atoms. The van der Waals surface area contributed by atoms with Gasteiger partial charge in [-0.1, -0.05) is 97.5 Å².